The fraction of sp³-hybridized carbons (Fsp3) is 0.667. The molecular weight excluding hydrogens is 406 g/mol. The summed E-state index contributed by atoms with van der Waals surface area (Å²) in [4.78, 5) is 2.26. The molecule has 0 radical (unpaired) electrons. The Hall–Kier alpha value is -1.30. The quantitative estimate of drug-likeness (QED) is 0.236. The topological polar surface area (TPSA) is 80.7 Å². The summed E-state index contributed by atoms with van der Waals surface area (Å²) in [5.74, 6) is 0. The Morgan fingerprint density at radius 3 is 2.62 bits per heavy atom. The van der Waals surface area contributed by atoms with Gasteiger partial charge in [0.25, 0.3) is 0 Å². The number of anilines is 2. The lowest BCUT2D eigenvalue weighted by atomic mass is 10.0. The van der Waals surface area contributed by atoms with E-state index in [4.69, 9.17) is 36.8 Å². The molecule has 0 amide bonds. The third-order valence-corrected chi connectivity index (χ3v) is 7.04. The molecule has 2 N–H and O–H groups in total. The second-order valence-electron chi connectivity index (χ2n) is 8.67. The molecule has 1 atom stereocenters. The Kier molecular flexibility index (Phi) is 9.73. The van der Waals surface area contributed by atoms with Crippen LogP contribution in [0.2, 0.25) is 30.7 Å². The summed E-state index contributed by atoms with van der Waals surface area (Å²) in [7, 11) is -1.05. The van der Waals surface area contributed by atoms with E-state index in [1.807, 2.05) is 0 Å². The van der Waals surface area contributed by atoms with Crippen molar-refractivity contribution in [2.45, 2.75) is 51.0 Å². The molecule has 0 saturated carbocycles. The van der Waals surface area contributed by atoms with Crippen LogP contribution >= 0.6 is 11.6 Å². The minimum Gasteiger partial charge on any atom is -0.397 e. The maximum absolute atomic E-state index is 9.12. The van der Waals surface area contributed by atoms with E-state index in [9.17, 15) is 0 Å². The lowest BCUT2D eigenvalue weighted by molar-refractivity contribution is -0.0668. The molecule has 1 fully saturated rings. The molecule has 1 aromatic rings. The first-order valence-electron chi connectivity index (χ1n) is 10.3. The fourth-order valence-electron chi connectivity index (χ4n) is 3.30. The Morgan fingerprint density at radius 2 is 1.90 bits per heavy atom. The van der Waals surface area contributed by atoms with Gasteiger partial charge >= 0.3 is 0 Å². The first-order valence-corrected chi connectivity index (χ1v) is 14.4. The SMILES string of the molecule is C[Si](C)(C)CCOCOCCOC[C@@H]1CCCCN1c1cc(Cl)c(C#N)cc1N. The molecule has 1 aliphatic heterocycles. The smallest absolute Gasteiger partial charge is 0.146 e. The van der Waals surface area contributed by atoms with Gasteiger partial charge in [-0.15, -0.1) is 0 Å². The normalized spacial score (nSPS) is 17.3. The van der Waals surface area contributed by atoms with Crippen molar-refractivity contribution in [3.63, 3.8) is 0 Å². The second-order valence-corrected chi connectivity index (χ2v) is 14.7. The average molecular weight is 440 g/mol. The number of nitrogens with zero attached hydrogens (tertiary/aromatic N) is 2. The van der Waals surface area contributed by atoms with Gasteiger partial charge in [-0.25, -0.2) is 0 Å². The number of halogens is 1. The lowest BCUT2D eigenvalue weighted by Crippen LogP contribution is -2.43. The predicted molar refractivity (Wildman–Crippen MR) is 121 cm³/mol. The number of nitrogens with two attached hydrogens (primary N) is 1. The summed E-state index contributed by atoms with van der Waals surface area (Å²) in [5, 5.41) is 9.56. The van der Waals surface area contributed by atoms with Crippen LogP contribution in [0.1, 0.15) is 24.8 Å². The average Bonchev–Trinajstić information content (AvgIpc) is 2.67. The van der Waals surface area contributed by atoms with Gasteiger partial charge in [0, 0.05) is 21.2 Å². The molecule has 0 unspecified atom stereocenters. The number of ether oxygens (including phenoxy) is 3. The molecule has 1 heterocycles. The van der Waals surface area contributed by atoms with Gasteiger partial charge in [-0.05, 0) is 37.4 Å². The highest BCUT2D eigenvalue weighted by Gasteiger charge is 2.25. The van der Waals surface area contributed by atoms with Crippen molar-refractivity contribution in [3.8, 4) is 6.07 Å². The zero-order valence-electron chi connectivity index (χ0n) is 17.9. The molecule has 1 saturated heterocycles. The number of piperidine rings is 1. The molecule has 8 heteroatoms. The molecular formula is C21H34ClN3O3Si. The number of hydrogen-bond acceptors (Lipinski definition) is 6. The number of benzene rings is 1. The summed E-state index contributed by atoms with van der Waals surface area (Å²) in [6.45, 7) is 10.7. The number of hydrogen-bond donors (Lipinski definition) is 1. The van der Waals surface area contributed by atoms with Crippen molar-refractivity contribution in [1.29, 1.82) is 5.26 Å². The first kappa shape index (κ1) is 24.0. The van der Waals surface area contributed by atoms with E-state index in [-0.39, 0.29) is 6.04 Å². The Morgan fingerprint density at radius 1 is 1.17 bits per heavy atom. The van der Waals surface area contributed by atoms with E-state index < -0.39 is 8.07 Å². The summed E-state index contributed by atoms with van der Waals surface area (Å²) >= 11 is 6.23. The highest BCUT2D eigenvalue weighted by atomic mass is 35.5. The molecule has 0 bridgehead atoms. The zero-order chi connectivity index (χ0) is 21.3. The predicted octanol–water partition coefficient (Wildman–Crippen LogP) is 4.50. The molecule has 6 nitrogen and oxygen atoms in total. The van der Waals surface area contributed by atoms with Gasteiger partial charge in [-0.3, -0.25) is 0 Å². The van der Waals surface area contributed by atoms with Gasteiger partial charge in [0.05, 0.1) is 47.8 Å². The van der Waals surface area contributed by atoms with Crippen molar-refractivity contribution in [3.05, 3.63) is 22.7 Å². The van der Waals surface area contributed by atoms with E-state index in [2.05, 4.69) is 30.6 Å². The Balaban J connectivity index is 1.74. The van der Waals surface area contributed by atoms with E-state index >= 15 is 0 Å². The van der Waals surface area contributed by atoms with Gasteiger partial charge in [0.1, 0.15) is 12.9 Å². The van der Waals surface area contributed by atoms with Crippen LogP contribution in [0.4, 0.5) is 11.4 Å². The van der Waals surface area contributed by atoms with Gasteiger partial charge in [-0.2, -0.15) is 5.26 Å². The van der Waals surface area contributed by atoms with Crippen molar-refractivity contribution < 1.29 is 14.2 Å². The Labute approximate surface area is 180 Å². The van der Waals surface area contributed by atoms with E-state index in [1.165, 1.54) is 0 Å². The monoisotopic (exact) mass is 439 g/mol. The lowest BCUT2D eigenvalue weighted by Gasteiger charge is -2.38. The standard InChI is InChI=1S/C21H34ClN3O3Si/c1-29(2,3)11-10-28-16-27-9-8-26-15-18-6-4-5-7-25(18)21-13-19(22)17(14-23)12-20(21)24/h12-13,18H,4-11,15-16,24H2,1-3H3/t18-/m0/s1. The minimum atomic E-state index is -1.05. The van der Waals surface area contributed by atoms with Crippen LogP contribution in [0.3, 0.4) is 0 Å². The largest absolute Gasteiger partial charge is 0.397 e. The number of nitriles is 1. The minimum absolute atomic E-state index is 0.239. The van der Waals surface area contributed by atoms with Gasteiger partial charge < -0.3 is 24.8 Å². The third kappa shape index (κ3) is 8.15. The van der Waals surface area contributed by atoms with E-state index in [1.54, 1.807) is 12.1 Å². The van der Waals surface area contributed by atoms with Gasteiger partial charge in [0.15, 0.2) is 0 Å². The van der Waals surface area contributed by atoms with Crippen LogP contribution in [-0.2, 0) is 14.2 Å². The highest BCUT2D eigenvalue weighted by Crippen LogP contribution is 2.34. The molecule has 1 aromatic carbocycles. The highest BCUT2D eigenvalue weighted by molar-refractivity contribution is 6.76. The van der Waals surface area contributed by atoms with Gasteiger partial charge in [0.2, 0.25) is 0 Å². The maximum Gasteiger partial charge on any atom is 0.146 e. The second kappa shape index (κ2) is 11.8. The molecule has 29 heavy (non-hydrogen) atoms. The zero-order valence-corrected chi connectivity index (χ0v) is 19.6. The molecule has 162 valence electrons. The van der Waals surface area contributed by atoms with Crippen LogP contribution in [0.15, 0.2) is 12.1 Å². The summed E-state index contributed by atoms with van der Waals surface area (Å²) in [6.07, 6.45) is 3.30. The van der Waals surface area contributed by atoms with Crippen LogP contribution in [0, 0.1) is 11.3 Å². The van der Waals surface area contributed by atoms with E-state index in [0.29, 0.717) is 42.9 Å². The summed E-state index contributed by atoms with van der Waals surface area (Å²) in [6, 6.07) is 6.91. The van der Waals surface area contributed by atoms with Crippen LogP contribution in [-0.4, -0.2) is 53.9 Å². The number of nitrogen functional groups attached to an aromatic ring is 1. The van der Waals surface area contributed by atoms with E-state index in [0.717, 1.165) is 44.1 Å². The van der Waals surface area contributed by atoms with Crippen LogP contribution < -0.4 is 10.6 Å². The fourth-order valence-corrected chi connectivity index (χ4v) is 4.25. The van der Waals surface area contributed by atoms with Crippen LogP contribution in [0.25, 0.3) is 0 Å². The molecule has 0 aromatic heterocycles. The molecule has 2 rings (SSSR count). The molecule has 0 spiro atoms. The van der Waals surface area contributed by atoms with Crippen LogP contribution in [0.5, 0.6) is 0 Å². The van der Waals surface area contributed by atoms with Crippen molar-refractivity contribution in [2.75, 3.05) is 50.4 Å². The first-order chi connectivity index (χ1) is 13.8. The van der Waals surface area contributed by atoms with Gasteiger partial charge in [-0.1, -0.05) is 31.2 Å². The third-order valence-electron chi connectivity index (χ3n) is 5.02. The maximum atomic E-state index is 9.12. The van der Waals surface area contributed by atoms with Crippen molar-refractivity contribution >= 4 is 31.0 Å². The number of rotatable bonds is 11. The summed E-state index contributed by atoms with van der Waals surface area (Å²) in [5.41, 5.74) is 8.06. The Bertz CT molecular complexity index is 691. The van der Waals surface area contributed by atoms with Crippen molar-refractivity contribution in [2.24, 2.45) is 0 Å². The summed E-state index contributed by atoms with van der Waals surface area (Å²) < 4.78 is 16.9. The molecule has 1 aliphatic rings. The van der Waals surface area contributed by atoms with Crippen molar-refractivity contribution in [1.82, 2.24) is 0 Å². The molecule has 0 aliphatic carbocycles.